The van der Waals surface area contributed by atoms with Gasteiger partial charge in [-0.3, -0.25) is 9.59 Å². The van der Waals surface area contributed by atoms with Gasteiger partial charge in [0.2, 0.25) is 5.91 Å². The van der Waals surface area contributed by atoms with Crippen molar-refractivity contribution in [3.63, 3.8) is 0 Å². The number of anilines is 1. The van der Waals surface area contributed by atoms with E-state index in [4.69, 9.17) is 15.6 Å². The Morgan fingerprint density at radius 2 is 1.85 bits per heavy atom. The summed E-state index contributed by atoms with van der Waals surface area (Å²) in [5.74, 6) is -0.0356. The van der Waals surface area contributed by atoms with Gasteiger partial charge in [0.25, 0.3) is 6.47 Å². The first kappa shape index (κ1) is 16.2. The van der Waals surface area contributed by atoms with Crippen LogP contribution in [0.1, 0.15) is 37.7 Å². The number of carboxylic acid groups (broad SMARTS) is 1. The second kappa shape index (κ2) is 7.65. The Bertz CT molecular complexity index is 454. The fourth-order valence-electron chi connectivity index (χ4n) is 2.37. The van der Waals surface area contributed by atoms with Crippen LogP contribution in [0, 0.1) is 6.92 Å². The number of nitrogens with two attached hydrogens (primary N) is 1. The molecule has 5 heteroatoms. The van der Waals surface area contributed by atoms with Gasteiger partial charge in [-0.2, -0.15) is 0 Å². The third-order valence-electron chi connectivity index (χ3n) is 3.59. The molecule has 1 aliphatic rings. The van der Waals surface area contributed by atoms with Crippen LogP contribution in [0.25, 0.3) is 0 Å². The highest BCUT2D eigenvalue weighted by Gasteiger charge is 2.35. The Morgan fingerprint density at radius 3 is 2.40 bits per heavy atom. The first-order chi connectivity index (χ1) is 9.53. The zero-order valence-corrected chi connectivity index (χ0v) is 11.8. The van der Waals surface area contributed by atoms with E-state index in [9.17, 15) is 4.79 Å². The minimum absolute atomic E-state index is 0.0356. The predicted molar refractivity (Wildman–Crippen MR) is 78.5 cm³/mol. The van der Waals surface area contributed by atoms with Crippen molar-refractivity contribution in [2.45, 2.75) is 44.6 Å². The van der Waals surface area contributed by atoms with Gasteiger partial charge in [0.05, 0.1) is 5.54 Å². The Hall–Kier alpha value is -1.88. The lowest BCUT2D eigenvalue weighted by Crippen LogP contribution is -2.52. The maximum absolute atomic E-state index is 12.2. The second-order valence-corrected chi connectivity index (χ2v) is 5.09. The number of aryl methyl sites for hydroxylation is 1. The van der Waals surface area contributed by atoms with E-state index in [2.05, 4.69) is 5.32 Å². The van der Waals surface area contributed by atoms with Crippen LogP contribution in [0.15, 0.2) is 24.3 Å². The minimum Gasteiger partial charge on any atom is -0.483 e. The van der Waals surface area contributed by atoms with E-state index in [1.54, 1.807) is 0 Å². The molecular weight excluding hydrogens is 256 g/mol. The Labute approximate surface area is 119 Å². The topological polar surface area (TPSA) is 92.4 Å². The molecule has 20 heavy (non-hydrogen) atoms. The van der Waals surface area contributed by atoms with E-state index < -0.39 is 5.54 Å². The summed E-state index contributed by atoms with van der Waals surface area (Å²) >= 11 is 0. The summed E-state index contributed by atoms with van der Waals surface area (Å²) in [6.45, 7) is 1.74. The lowest BCUT2D eigenvalue weighted by Gasteiger charge is -2.32. The molecule has 0 aromatic heterocycles. The van der Waals surface area contributed by atoms with Crippen molar-refractivity contribution in [3.8, 4) is 0 Å². The quantitative estimate of drug-likeness (QED) is 0.724. The maximum atomic E-state index is 12.2. The highest BCUT2D eigenvalue weighted by molar-refractivity contribution is 5.98. The van der Waals surface area contributed by atoms with E-state index in [1.165, 1.54) is 6.42 Å². The van der Waals surface area contributed by atoms with E-state index in [-0.39, 0.29) is 12.4 Å². The zero-order valence-electron chi connectivity index (χ0n) is 11.8. The molecule has 0 saturated heterocycles. The highest BCUT2D eigenvalue weighted by Crippen LogP contribution is 2.27. The molecule has 0 atom stereocenters. The van der Waals surface area contributed by atoms with Crippen LogP contribution >= 0.6 is 0 Å². The van der Waals surface area contributed by atoms with Gasteiger partial charge in [-0.1, -0.05) is 37.5 Å². The molecule has 1 fully saturated rings. The summed E-state index contributed by atoms with van der Waals surface area (Å²) in [5, 5.41) is 9.85. The van der Waals surface area contributed by atoms with E-state index in [1.807, 2.05) is 31.2 Å². The average molecular weight is 278 g/mol. The summed E-state index contributed by atoms with van der Waals surface area (Å²) in [4.78, 5) is 20.6. The number of para-hydroxylation sites is 1. The summed E-state index contributed by atoms with van der Waals surface area (Å²) in [6.07, 6.45) is 4.89. The number of carbonyl (C=O) groups is 2. The molecule has 0 radical (unpaired) electrons. The summed E-state index contributed by atoms with van der Waals surface area (Å²) in [7, 11) is 0. The van der Waals surface area contributed by atoms with Crippen molar-refractivity contribution in [1.82, 2.24) is 0 Å². The van der Waals surface area contributed by atoms with Crippen LogP contribution in [-0.2, 0) is 9.59 Å². The molecule has 1 saturated carbocycles. The Kier molecular flexibility index (Phi) is 6.18. The molecule has 0 heterocycles. The van der Waals surface area contributed by atoms with Gasteiger partial charge in [0.15, 0.2) is 0 Å². The molecular formula is C15H22N2O3. The number of hydrogen-bond acceptors (Lipinski definition) is 3. The van der Waals surface area contributed by atoms with Crippen molar-refractivity contribution < 1.29 is 14.7 Å². The van der Waals surface area contributed by atoms with E-state index in [0.29, 0.717) is 0 Å². The summed E-state index contributed by atoms with van der Waals surface area (Å²) in [6, 6.07) is 7.79. The highest BCUT2D eigenvalue weighted by atomic mass is 16.3. The molecule has 1 aliphatic carbocycles. The number of amides is 1. The van der Waals surface area contributed by atoms with Gasteiger partial charge in [-0.05, 0) is 31.4 Å². The molecule has 4 N–H and O–H groups in total. The molecule has 5 nitrogen and oxygen atoms in total. The van der Waals surface area contributed by atoms with Crippen molar-refractivity contribution in [2.24, 2.45) is 5.73 Å². The molecule has 0 bridgehead atoms. The van der Waals surface area contributed by atoms with Gasteiger partial charge in [-0.15, -0.1) is 0 Å². The van der Waals surface area contributed by atoms with Gasteiger partial charge < -0.3 is 16.2 Å². The van der Waals surface area contributed by atoms with Crippen molar-refractivity contribution in [1.29, 1.82) is 0 Å². The SMILES string of the molecule is Cc1ccccc1NC(=O)C1(N)CCCCC1.O=CO. The van der Waals surface area contributed by atoms with E-state index >= 15 is 0 Å². The maximum Gasteiger partial charge on any atom is 0.290 e. The Morgan fingerprint density at radius 1 is 1.30 bits per heavy atom. The largest absolute Gasteiger partial charge is 0.483 e. The van der Waals surface area contributed by atoms with Crippen molar-refractivity contribution >= 4 is 18.1 Å². The first-order valence-electron chi connectivity index (χ1n) is 6.77. The number of rotatable bonds is 2. The predicted octanol–water partition coefficient (Wildman–Crippen LogP) is 2.30. The van der Waals surface area contributed by atoms with Crippen molar-refractivity contribution in [2.75, 3.05) is 5.32 Å². The summed E-state index contributed by atoms with van der Waals surface area (Å²) < 4.78 is 0. The van der Waals surface area contributed by atoms with Crippen LogP contribution in [-0.4, -0.2) is 23.0 Å². The summed E-state index contributed by atoms with van der Waals surface area (Å²) in [5.41, 5.74) is 7.46. The lowest BCUT2D eigenvalue weighted by atomic mass is 9.82. The molecule has 0 aliphatic heterocycles. The van der Waals surface area contributed by atoms with E-state index in [0.717, 1.165) is 36.9 Å². The average Bonchev–Trinajstić information content (AvgIpc) is 2.43. The fraction of sp³-hybridized carbons (Fsp3) is 0.467. The monoisotopic (exact) mass is 278 g/mol. The zero-order chi connectivity index (χ0) is 15.0. The smallest absolute Gasteiger partial charge is 0.290 e. The van der Waals surface area contributed by atoms with Crippen LogP contribution in [0.4, 0.5) is 5.69 Å². The number of hydrogen-bond donors (Lipinski definition) is 3. The molecule has 1 amide bonds. The fourth-order valence-corrected chi connectivity index (χ4v) is 2.37. The minimum atomic E-state index is -0.666. The second-order valence-electron chi connectivity index (χ2n) is 5.09. The third-order valence-corrected chi connectivity index (χ3v) is 3.59. The third kappa shape index (κ3) is 4.35. The standard InChI is InChI=1S/C14H20N2O.CH2O2/c1-11-7-3-4-8-12(11)16-13(17)14(15)9-5-2-6-10-14;2-1-3/h3-4,7-8H,2,5-6,9-10,15H2,1H3,(H,16,17);1H,(H,2,3). The molecule has 1 aromatic rings. The molecule has 0 spiro atoms. The normalized spacial score (nSPS) is 16.5. The van der Waals surface area contributed by atoms with Gasteiger partial charge in [-0.25, -0.2) is 0 Å². The van der Waals surface area contributed by atoms with Crippen LogP contribution in [0.3, 0.4) is 0 Å². The molecule has 110 valence electrons. The molecule has 1 aromatic carbocycles. The first-order valence-corrected chi connectivity index (χ1v) is 6.77. The van der Waals surface area contributed by atoms with Gasteiger partial charge >= 0.3 is 0 Å². The molecule has 2 rings (SSSR count). The Balaban J connectivity index is 0.000000612. The number of benzene rings is 1. The van der Waals surface area contributed by atoms with Gasteiger partial charge in [0.1, 0.15) is 0 Å². The lowest BCUT2D eigenvalue weighted by molar-refractivity contribution is -0.123. The van der Waals surface area contributed by atoms with Gasteiger partial charge in [0, 0.05) is 5.69 Å². The van der Waals surface area contributed by atoms with Crippen LogP contribution in [0.5, 0.6) is 0 Å². The number of carbonyl (C=O) groups excluding carboxylic acids is 1. The van der Waals surface area contributed by atoms with Crippen LogP contribution < -0.4 is 11.1 Å². The van der Waals surface area contributed by atoms with Crippen molar-refractivity contribution in [3.05, 3.63) is 29.8 Å². The molecule has 0 unspecified atom stereocenters. The number of nitrogens with one attached hydrogen (secondary N) is 1. The van der Waals surface area contributed by atoms with Crippen LogP contribution in [0.2, 0.25) is 0 Å².